The number of ether oxygens (including phenoxy) is 1. The van der Waals surface area contributed by atoms with Gasteiger partial charge >= 0.3 is 0 Å². The Kier molecular flexibility index (Phi) is 6.59. The van der Waals surface area contributed by atoms with Crippen LogP contribution < -0.4 is 19.9 Å². The number of carbonyl (C=O) groups is 1. The second-order valence-electron chi connectivity index (χ2n) is 7.34. The summed E-state index contributed by atoms with van der Waals surface area (Å²) >= 11 is 0. The van der Waals surface area contributed by atoms with Crippen LogP contribution in [0.15, 0.2) is 36.4 Å². The van der Waals surface area contributed by atoms with Crippen molar-refractivity contribution in [1.82, 2.24) is 0 Å². The first kappa shape index (κ1) is 20.2. The molecule has 3 rings (SSSR count). The topological polar surface area (TPSA) is 47.2 Å². The number of anilines is 1. The van der Waals surface area contributed by atoms with Crippen LogP contribution in [0.4, 0.5) is 14.5 Å². The van der Waals surface area contributed by atoms with Crippen molar-refractivity contribution in [3.05, 3.63) is 59.2 Å². The van der Waals surface area contributed by atoms with Gasteiger partial charge in [0.1, 0.15) is 50.1 Å². The Morgan fingerprint density at radius 1 is 1.07 bits per heavy atom. The number of methoxy groups -OCH3 is 1. The molecule has 1 aliphatic heterocycles. The van der Waals surface area contributed by atoms with Crippen LogP contribution in [0.5, 0.6) is 5.75 Å². The molecule has 1 saturated heterocycles. The van der Waals surface area contributed by atoms with E-state index in [1.807, 2.05) is 12.1 Å². The van der Waals surface area contributed by atoms with Gasteiger partial charge in [-0.1, -0.05) is 11.6 Å². The summed E-state index contributed by atoms with van der Waals surface area (Å²) in [7, 11) is 1.69. The molecule has 1 fully saturated rings. The number of quaternary nitrogens is 2. The lowest BCUT2D eigenvalue weighted by Gasteiger charge is -2.29. The highest BCUT2D eigenvalue weighted by Crippen LogP contribution is 2.18. The van der Waals surface area contributed by atoms with Crippen LogP contribution >= 0.6 is 0 Å². The van der Waals surface area contributed by atoms with Gasteiger partial charge in [-0.2, -0.15) is 0 Å². The molecule has 5 nitrogen and oxygen atoms in total. The van der Waals surface area contributed by atoms with Crippen LogP contribution in [0.3, 0.4) is 0 Å². The summed E-state index contributed by atoms with van der Waals surface area (Å²) in [6.45, 7) is 6.87. The first-order valence-corrected chi connectivity index (χ1v) is 9.50. The van der Waals surface area contributed by atoms with Gasteiger partial charge in [0.25, 0.3) is 5.91 Å². The van der Waals surface area contributed by atoms with E-state index in [2.05, 4.69) is 18.3 Å². The highest BCUT2D eigenvalue weighted by molar-refractivity contribution is 5.91. The normalized spacial score (nSPS) is 19.3. The summed E-state index contributed by atoms with van der Waals surface area (Å²) in [6, 6.07) is 9.36. The SMILES string of the molecule is COc1ccc(C)cc1C[NH+]1CC[NH+](CC(=O)Nc2ccc(F)cc2F)CC1. The molecule has 1 aliphatic rings. The van der Waals surface area contributed by atoms with Crippen LogP contribution in [0.25, 0.3) is 0 Å². The number of piperazine rings is 1. The minimum Gasteiger partial charge on any atom is -0.496 e. The highest BCUT2D eigenvalue weighted by atomic mass is 19.1. The molecular formula is C21H27F2N3O2+2. The monoisotopic (exact) mass is 391 g/mol. The van der Waals surface area contributed by atoms with Crippen molar-refractivity contribution in [3.63, 3.8) is 0 Å². The number of aryl methyl sites for hydroxylation is 1. The second-order valence-corrected chi connectivity index (χ2v) is 7.34. The lowest BCUT2D eigenvalue weighted by Crippen LogP contribution is -3.28. The average molecular weight is 391 g/mol. The fourth-order valence-corrected chi connectivity index (χ4v) is 3.64. The number of hydrogen-bond donors (Lipinski definition) is 3. The molecule has 0 aromatic heterocycles. The number of amides is 1. The van der Waals surface area contributed by atoms with Gasteiger partial charge < -0.3 is 19.9 Å². The minimum atomic E-state index is -0.760. The summed E-state index contributed by atoms with van der Waals surface area (Å²) < 4.78 is 32.1. The third kappa shape index (κ3) is 5.27. The predicted octanol–water partition coefficient (Wildman–Crippen LogP) is 0.204. The smallest absolute Gasteiger partial charge is 0.279 e. The fourth-order valence-electron chi connectivity index (χ4n) is 3.64. The number of benzene rings is 2. The van der Waals surface area contributed by atoms with Gasteiger partial charge in [-0.15, -0.1) is 0 Å². The van der Waals surface area contributed by atoms with Crippen molar-refractivity contribution in [3.8, 4) is 5.75 Å². The van der Waals surface area contributed by atoms with Crippen molar-refractivity contribution in [2.45, 2.75) is 13.5 Å². The van der Waals surface area contributed by atoms with Crippen LogP contribution in [-0.4, -0.2) is 45.7 Å². The molecule has 0 atom stereocenters. The zero-order valence-corrected chi connectivity index (χ0v) is 16.3. The van der Waals surface area contributed by atoms with Crippen LogP contribution in [-0.2, 0) is 11.3 Å². The third-order valence-corrected chi connectivity index (χ3v) is 5.16. The van der Waals surface area contributed by atoms with E-state index in [4.69, 9.17) is 4.74 Å². The number of carbonyl (C=O) groups excluding carboxylic acids is 1. The zero-order valence-electron chi connectivity index (χ0n) is 16.3. The van der Waals surface area contributed by atoms with Gasteiger partial charge in [0.05, 0.1) is 12.8 Å². The van der Waals surface area contributed by atoms with Crippen molar-refractivity contribution >= 4 is 11.6 Å². The van der Waals surface area contributed by atoms with Gasteiger partial charge in [0.2, 0.25) is 0 Å². The molecule has 7 heteroatoms. The summed E-state index contributed by atoms with van der Waals surface area (Å²) in [6.07, 6.45) is 0. The maximum Gasteiger partial charge on any atom is 0.279 e. The molecule has 0 radical (unpaired) electrons. The Labute approximate surface area is 163 Å². The third-order valence-electron chi connectivity index (χ3n) is 5.16. The van der Waals surface area contributed by atoms with E-state index < -0.39 is 11.6 Å². The Bertz CT molecular complexity index is 836. The molecule has 2 aromatic carbocycles. The zero-order chi connectivity index (χ0) is 20.1. The van der Waals surface area contributed by atoms with E-state index in [0.717, 1.165) is 50.6 Å². The van der Waals surface area contributed by atoms with Crippen LogP contribution in [0, 0.1) is 18.6 Å². The summed E-state index contributed by atoms with van der Waals surface area (Å²) in [5.41, 5.74) is 2.43. The molecule has 28 heavy (non-hydrogen) atoms. The maximum atomic E-state index is 13.7. The first-order chi connectivity index (χ1) is 13.4. The van der Waals surface area contributed by atoms with E-state index >= 15 is 0 Å². The quantitative estimate of drug-likeness (QED) is 0.659. The standard InChI is InChI=1S/C21H25F2N3O2/c1-15-3-6-20(28-2)16(11-15)13-25-7-9-26(10-8-25)14-21(27)24-19-5-4-17(22)12-18(19)23/h3-6,11-12H,7-10,13-14H2,1-2H3,(H,24,27)/p+2. The first-order valence-electron chi connectivity index (χ1n) is 9.50. The molecule has 0 aliphatic carbocycles. The fraction of sp³-hybridized carbons (Fsp3) is 0.381. The molecule has 3 N–H and O–H groups in total. The second kappa shape index (κ2) is 9.12. The van der Waals surface area contributed by atoms with Crippen molar-refractivity contribution in [2.24, 2.45) is 0 Å². The number of hydrogen-bond acceptors (Lipinski definition) is 2. The Morgan fingerprint density at radius 2 is 1.79 bits per heavy atom. The van der Waals surface area contributed by atoms with Gasteiger partial charge in [-0.3, -0.25) is 4.79 Å². The van der Waals surface area contributed by atoms with E-state index in [9.17, 15) is 13.6 Å². The summed E-state index contributed by atoms with van der Waals surface area (Å²) in [5, 5.41) is 2.53. The molecule has 2 aromatic rings. The Morgan fingerprint density at radius 3 is 2.46 bits per heavy atom. The van der Waals surface area contributed by atoms with Crippen molar-refractivity contribution < 1.29 is 28.1 Å². The number of halogens is 2. The van der Waals surface area contributed by atoms with Crippen molar-refractivity contribution in [2.75, 3.05) is 45.2 Å². The largest absolute Gasteiger partial charge is 0.496 e. The van der Waals surface area contributed by atoms with Gasteiger partial charge in [-0.25, -0.2) is 8.78 Å². The van der Waals surface area contributed by atoms with E-state index in [1.54, 1.807) is 7.11 Å². The van der Waals surface area contributed by atoms with Crippen molar-refractivity contribution in [1.29, 1.82) is 0 Å². The minimum absolute atomic E-state index is 0.0154. The number of nitrogens with one attached hydrogen (secondary N) is 3. The molecular weight excluding hydrogens is 364 g/mol. The molecule has 0 bridgehead atoms. The molecule has 0 spiro atoms. The Balaban J connectivity index is 1.49. The molecule has 1 amide bonds. The van der Waals surface area contributed by atoms with E-state index in [-0.39, 0.29) is 18.1 Å². The average Bonchev–Trinajstić information content (AvgIpc) is 2.66. The van der Waals surface area contributed by atoms with Gasteiger partial charge in [0, 0.05) is 11.6 Å². The van der Waals surface area contributed by atoms with Crippen LogP contribution in [0.2, 0.25) is 0 Å². The highest BCUT2D eigenvalue weighted by Gasteiger charge is 2.26. The molecule has 0 unspecified atom stereocenters. The lowest BCUT2D eigenvalue weighted by molar-refractivity contribution is -1.02. The Hall–Kier alpha value is -2.51. The van der Waals surface area contributed by atoms with E-state index in [0.29, 0.717) is 0 Å². The predicted molar refractivity (Wildman–Crippen MR) is 103 cm³/mol. The van der Waals surface area contributed by atoms with Gasteiger partial charge in [-0.05, 0) is 31.2 Å². The van der Waals surface area contributed by atoms with Gasteiger partial charge in [0.15, 0.2) is 6.54 Å². The van der Waals surface area contributed by atoms with E-state index in [1.165, 1.54) is 27.0 Å². The summed E-state index contributed by atoms with van der Waals surface area (Å²) in [5.74, 6) is -0.770. The maximum absolute atomic E-state index is 13.7. The van der Waals surface area contributed by atoms with Crippen LogP contribution in [0.1, 0.15) is 11.1 Å². The lowest BCUT2D eigenvalue weighted by atomic mass is 10.1. The summed E-state index contributed by atoms with van der Waals surface area (Å²) in [4.78, 5) is 14.8. The molecule has 0 saturated carbocycles. The number of rotatable bonds is 6. The molecule has 150 valence electrons. The molecule has 1 heterocycles.